The summed E-state index contributed by atoms with van der Waals surface area (Å²) in [5, 5.41) is 0. The van der Waals surface area contributed by atoms with Crippen LogP contribution in [0.25, 0.3) is 0 Å². The molecule has 0 saturated heterocycles. The largest absolute Gasteiger partial charge is 0.271 e. The van der Waals surface area contributed by atoms with Crippen molar-refractivity contribution >= 4 is 0 Å². The Morgan fingerprint density at radius 1 is 1.33 bits per heavy atom. The van der Waals surface area contributed by atoms with Crippen LogP contribution in [-0.2, 0) is 0 Å². The zero-order valence-electron chi connectivity index (χ0n) is 9.75. The molecule has 2 atom stereocenters. The normalized spacial score (nSPS) is 24.9. The Bertz CT molecular complexity index is 340. The molecule has 1 aliphatic rings. The van der Waals surface area contributed by atoms with E-state index in [1.165, 1.54) is 17.5 Å². The molecule has 1 aliphatic carbocycles. The number of rotatable bonds is 3. The lowest BCUT2D eigenvalue weighted by atomic mass is 9.97. The van der Waals surface area contributed by atoms with Crippen molar-refractivity contribution in [3.63, 3.8) is 0 Å². The van der Waals surface area contributed by atoms with Gasteiger partial charge in [-0.3, -0.25) is 11.3 Å². The lowest BCUT2D eigenvalue weighted by Crippen LogP contribution is -2.30. The standard InChI is InChI=1S/C13H20N2/c1-9-4-6-10(7-5-9)12(15-14)11-8-13(11,2)3/h4-7,11-12,15H,8,14H2,1-3H3. The molecule has 0 heterocycles. The van der Waals surface area contributed by atoms with Crippen LogP contribution in [0.1, 0.15) is 37.4 Å². The topological polar surface area (TPSA) is 38.0 Å². The highest BCUT2D eigenvalue weighted by Gasteiger charge is 2.50. The third-order valence-corrected chi connectivity index (χ3v) is 3.61. The number of nitrogens with two attached hydrogens (primary N) is 1. The fourth-order valence-electron chi connectivity index (χ4n) is 2.30. The van der Waals surface area contributed by atoms with E-state index in [0.29, 0.717) is 17.4 Å². The van der Waals surface area contributed by atoms with E-state index in [9.17, 15) is 0 Å². The van der Waals surface area contributed by atoms with Crippen molar-refractivity contribution in [1.82, 2.24) is 5.43 Å². The van der Waals surface area contributed by atoms with E-state index in [1.807, 2.05) is 0 Å². The maximum Gasteiger partial charge on any atom is 0.0493 e. The van der Waals surface area contributed by atoms with Gasteiger partial charge in [-0.15, -0.1) is 0 Å². The minimum atomic E-state index is 0.306. The molecular weight excluding hydrogens is 184 g/mol. The number of nitrogens with one attached hydrogen (secondary N) is 1. The second kappa shape index (κ2) is 3.62. The molecule has 15 heavy (non-hydrogen) atoms. The molecule has 1 saturated carbocycles. The van der Waals surface area contributed by atoms with Gasteiger partial charge in [0.25, 0.3) is 0 Å². The zero-order chi connectivity index (χ0) is 11.1. The summed E-state index contributed by atoms with van der Waals surface area (Å²) >= 11 is 0. The second-order valence-corrected chi connectivity index (χ2v) is 5.35. The van der Waals surface area contributed by atoms with Crippen LogP contribution in [0.2, 0.25) is 0 Å². The number of hydrazine groups is 1. The van der Waals surface area contributed by atoms with E-state index in [2.05, 4.69) is 50.5 Å². The molecule has 3 N–H and O–H groups in total. The third-order valence-electron chi connectivity index (χ3n) is 3.61. The summed E-state index contributed by atoms with van der Waals surface area (Å²) in [6.45, 7) is 6.71. The molecule has 2 nitrogen and oxygen atoms in total. The van der Waals surface area contributed by atoms with Gasteiger partial charge in [0.15, 0.2) is 0 Å². The van der Waals surface area contributed by atoms with Gasteiger partial charge >= 0.3 is 0 Å². The molecular formula is C13H20N2. The first kappa shape index (κ1) is 10.7. The highest BCUT2D eigenvalue weighted by molar-refractivity contribution is 5.26. The van der Waals surface area contributed by atoms with Crippen LogP contribution in [-0.4, -0.2) is 0 Å². The Labute approximate surface area is 91.8 Å². The molecule has 0 radical (unpaired) electrons. The lowest BCUT2D eigenvalue weighted by Gasteiger charge is -2.18. The Morgan fingerprint density at radius 2 is 1.87 bits per heavy atom. The van der Waals surface area contributed by atoms with Crippen LogP contribution in [0.15, 0.2) is 24.3 Å². The van der Waals surface area contributed by atoms with Crippen LogP contribution < -0.4 is 11.3 Å². The van der Waals surface area contributed by atoms with E-state index < -0.39 is 0 Å². The van der Waals surface area contributed by atoms with Gasteiger partial charge in [0.1, 0.15) is 0 Å². The molecule has 82 valence electrons. The van der Waals surface area contributed by atoms with Gasteiger partial charge in [-0.2, -0.15) is 0 Å². The smallest absolute Gasteiger partial charge is 0.0493 e. The minimum absolute atomic E-state index is 0.306. The van der Waals surface area contributed by atoms with Gasteiger partial charge < -0.3 is 0 Å². The molecule has 0 aliphatic heterocycles. The van der Waals surface area contributed by atoms with Crippen molar-refractivity contribution in [2.45, 2.75) is 33.2 Å². The molecule has 0 aromatic heterocycles. The van der Waals surface area contributed by atoms with Crippen LogP contribution in [0.5, 0.6) is 0 Å². The summed E-state index contributed by atoms with van der Waals surface area (Å²) in [7, 11) is 0. The lowest BCUT2D eigenvalue weighted by molar-refractivity contribution is 0.423. The zero-order valence-corrected chi connectivity index (χ0v) is 9.75. The first-order valence-corrected chi connectivity index (χ1v) is 5.57. The number of benzene rings is 1. The highest BCUT2D eigenvalue weighted by Crippen LogP contribution is 2.57. The van der Waals surface area contributed by atoms with Gasteiger partial charge in [0, 0.05) is 6.04 Å². The van der Waals surface area contributed by atoms with Crippen molar-refractivity contribution in [3.05, 3.63) is 35.4 Å². The first-order chi connectivity index (χ1) is 7.04. The number of hydrogen-bond donors (Lipinski definition) is 2. The average Bonchev–Trinajstić information content (AvgIpc) is 2.80. The molecule has 1 aromatic carbocycles. The van der Waals surface area contributed by atoms with E-state index in [0.717, 1.165) is 0 Å². The summed E-state index contributed by atoms with van der Waals surface area (Å²) in [5.74, 6) is 6.33. The van der Waals surface area contributed by atoms with E-state index in [-0.39, 0.29) is 0 Å². The van der Waals surface area contributed by atoms with Gasteiger partial charge in [0.05, 0.1) is 0 Å². The van der Waals surface area contributed by atoms with Crippen LogP contribution in [0.4, 0.5) is 0 Å². The predicted molar refractivity (Wildman–Crippen MR) is 63.1 cm³/mol. The Morgan fingerprint density at radius 3 is 2.27 bits per heavy atom. The van der Waals surface area contributed by atoms with Crippen molar-refractivity contribution in [3.8, 4) is 0 Å². The quantitative estimate of drug-likeness (QED) is 0.586. The average molecular weight is 204 g/mol. The number of hydrogen-bond acceptors (Lipinski definition) is 2. The maximum atomic E-state index is 5.65. The first-order valence-electron chi connectivity index (χ1n) is 5.57. The van der Waals surface area contributed by atoms with Crippen LogP contribution in [0.3, 0.4) is 0 Å². The van der Waals surface area contributed by atoms with E-state index in [4.69, 9.17) is 5.84 Å². The fourth-order valence-corrected chi connectivity index (χ4v) is 2.30. The summed E-state index contributed by atoms with van der Waals surface area (Å²) in [6, 6.07) is 8.95. The van der Waals surface area contributed by atoms with Gasteiger partial charge in [-0.1, -0.05) is 43.7 Å². The van der Waals surface area contributed by atoms with Crippen molar-refractivity contribution in [2.24, 2.45) is 17.2 Å². The summed E-state index contributed by atoms with van der Waals surface area (Å²) < 4.78 is 0. The molecule has 1 aromatic rings. The molecule has 0 amide bonds. The van der Waals surface area contributed by atoms with Crippen molar-refractivity contribution in [1.29, 1.82) is 0 Å². The van der Waals surface area contributed by atoms with Gasteiger partial charge in [-0.25, -0.2) is 0 Å². The molecule has 1 fully saturated rings. The summed E-state index contributed by atoms with van der Waals surface area (Å²) in [5.41, 5.74) is 6.00. The van der Waals surface area contributed by atoms with E-state index in [1.54, 1.807) is 0 Å². The van der Waals surface area contributed by atoms with Crippen molar-refractivity contribution in [2.75, 3.05) is 0 Å². The minimum Gasteiger partial charge on any atom is -0.271 e. The summed E-state index contributed by atoms with van der Waals surface area (Å²) in [6.07, 6.45) is 1.26. The predicted octanol–water partition coefficient (Wildman–Crippen LogP) is 2.55. The number of aryl methyl sites for hydroxylation is 1. The monoisotopic (exact) mass is 204 g/mol. The van der Waals surface area contributed by atoms with E-state index >= 15 is 0 Å². The molecule has 0 spiro atoms. The third kappa shape index (κ3) is 2.06. The second-order valence-electron chi connectivity index (χ2n) is 5.35. The van der Waals surface area contributed by atoms with Gasteiger partial charge in [-0.05, 0) is 30.2 Å². The molecule has 2 unspecified atom stereocenters. The Kier molecular flexibility index (Phi) is 2.57. The van der Waals surface area contributed by atoms with Crippen LogP contribution in [0, 0.1) is 18.3 Å². The highest BCUT2D eigenvalue weighted by atomic mass is 15.2. The Hall–Kier alpha value is -0.860. The summed E-state index contributed by atoms with van der Waals surface area (Å²) in [4.78, 5) is 0. The molecule has 0 bridgehead atoms. The fraction of sp³-hybridized carbons (Fsp3) is 0.538. The van der Waals surface area contributed by atoms with Crippen molar-refractivity contribution < 1.29 is 0 Å². The maximum absolute atomic E-state index is 5.65. The molecule has 2 heteroatoms. The Balaban J connectivity index is 2.17. The molecule has 2 rings (SSSR count). The SMILES string of the molecule is Cc1ccc(C(NN)C2CC2(C)C)cc1. The van der Waals surface area contributed by atoms with Gasteiger partial charge in [0.2, 0.25) is 0 Å². The van der Waals surface area contributed by atoms with Crippen LogP contribution >= 0.6 is 0 Å².